The molecule has 3 rings (SSSR count). The maximum Gasteiger partial charge on any atom is 0.216 e. The van der Waals surface area contributed by atoms with Gasteiger partial charge in [0.2, 0.25) is 10.0 Å². The highest BCUT2D eigenvalue weighted by atomic mass is 32.2. The van der Waals surface area contributed by atoms with Gasteiger partial charge in [-0.1, -0.05) is 12.8 Å². The molecule has 124 valence electrons. The van der Waals surface area contributed by atoms with Crippen LogP contribution in [0, 0.1) is 11.3 Å². The van der Waals surface area contributed by atoms with Crippen LogP contribution in [0.25, 0.3) is 0 Å². The Morgan fingerprint density at radius 2 is 2.04 bits per heavy atom. The van der Waals surface area contributed by atoms with Crippen molar-refractivity contribution < 1.29 is 8.42 Å². The first kappa shape index (κ1) is 16.2. The van der Waals surface area contributed by atoms with Gasteiger partial charge in [-0.05, 0) is 37.8 Å². The number of anilines is 1. The molecule has 2 fully saturated rings. The molecular formula is C16H22N4O2S. The van der Waals surface area contributed by atoms with Crippen LogP contribution in [0.5, 0.6) is 0 Å². The van der Waals surface area contributed by atoms with Crippen molar-refractivity contribution in [3.05, 3.63) is 24.0 Å². The molecule has 0 radical (unpaired) electrons. The minimum absolute atomic E-state index is 0.112. The summed E-state index contributed by atoms with van der Waals surface area (Å²) in [5.74, 6) is 0. The molecule has 1 aromatic heterocycles. The Balaban J connectivity index is 1.71. The van der Waals surface area contributed by atoms with E-state index in [9.17, 15) is 8.42 Å². The standard InChI is InChI=1S/C16H22N4O2S/c17-11-14-10-15(7-8-18-14)20-9-3-6-16(12-20)23(21,22)19-13-4-1-2-5-13/h7-8,10,13,16,19H,1-6,9,12H2. The third-order valence-electron chi connectivity index (χ3n) is 4.73. The van der Waals surface area contributed by atoms with Crippen molar-refractivity contribution in [2.45, 2.75) is 49.8 Å². The Hall–Kier alpha value is -1.65. The van der Waals surface area contributed by atoms with E-state index in [1.807, 2.05) is 17.0 Å². The summed E-state index contributed by atoms with van der Waals surface area (Å²) in [6, 6.07) is 5.70. The van der Waals surface area contributed by atoms with Crippen LogP contribution in [0.15, 0.2) is 18.3 Å². The number of nitrogens with zero attached hydrogens (tertiary/aromatic N) is 3. The van der Waals surface area contributed by atoms with Gasteiger partial charge in [0.25, 0.3) is 0 Å². The average molecular weight is 334 g/mol. The highest BCUT2D eigenvalue weighted by molar-refractivity contribution is 7.90. The molecular weight excluding hydrogens is 312 g/mol. The summed E-state index contributed by atoms with van der Waals surface area (Å²) in [7, 11) is -3.30. The van der Waals surface area contributed by atoms with Gasteiger partial charge in [0.05, 0.1) is 5.25 Å². The molecule has 2 aliphatic rings. The third-order valence-corrected chi connectivity index (χ3v) is 6.65. The Kier molecular flexibility index (Phi) is 4.83. The zero-order valence-corrected chi connectivity index (χ0v) is 13.9. The SMILES string of the molecule is N#Cc1cc(N2CCCC(S(=O)(=O)NC3CCCC3)C2)ccn1. The number of hydrogen-bond donors (Lipinski definition) is 1. The van der Waals surface area contributed by atoms with E-state index >= 15 is 0 Å². The highest BCUT2D eigenvalue weighted by Gasteiger charge is 2.33. The first-order chi connectivity index (χ1) is 11.1. The first-order valence-corrected chi connectivity index (χ1v) is 9.75. The third kappa shape index (κ3) is 3.82. The van der Waals surface area contributed by atoms with Crippen molar-refractivity contribution in [1.82, 2.24) is 9.71 Å². The minimum Gasteiger partial charge on any atom is -0.370 e. The summed E-state index contributed by atoms with van der Waals surface area (Å²) < 4.78 is 28.2. The fourth-order valence-electron chi connectivity index (χ4n) is 3.48. The second kappa shape index (κ2) is 6.85. The summed E-state index contributed by atoms with van der Waals surface area (Å²) in [6.07, 6.45) is 7.24. The number of pyridine rings is 1. The van der Waals surface area contributed by atoms with E-state index in [0.717, 1.165) is 44.3 Å². The number of nitriles is 1. The molecule has 0 aromatic carbocycles. The molecule has 1 saturated heterocycles. The van der Waals surface area contributed by atoms with E-state index < -0.39 is 15.3 Å². The molecule has 1 unspecified atom stereocenters. The summed E-state index contributed by atoms with van der Waals surface area (Å²) in [6.45, 7) is 1.28. The molecule has 0 bridgehead atoms. The Bertz CT molecular complexity index is 692. The Labute approximate surface area is 137 Å². The Morgan fingerprint density at radius 3 is 2.78 bits per heavy atom. The number of nitrogens with one attached hydrogen (secondary N) is 1. The number of rotatable bonds is 4. The zero-order valence-electron chi connectivity index (χ0n) is 13.1. The molecule has 1 atom stereocenters. The van der Waals surface area contributed by atoms with Gasteiger partial charge in [-0.15, -0.1) is 0 Å². The van der Waals surface area contributed by atoms with E-state index in [0.29, 0.717) is 18.7 Å². The fourth-order valence-corrected chi connectivity index (χ4v) is 5.22. The lowest BCUT2D eigenvalue weighted by Crippen LogP contribution is -2.48. The van der Waals surface area contributed by atoms with Gasteiger partial charge in [-0.2, -0.15) is 5.26 Å². The van der Waals surface area contributed by atoms with Crippen LogP contribution >= 0.6 is 0 Å². The monoisotopic (exact) mass is 334 g/mol. The van der Waals surface area contributed by atoms with Crippen LogP contribution < -0.4 is 9.62 Å². The maximum atomic E-state index is 12.6. The number of aromatic nitrogens is 1. The van der Waals surface area contributed by atoms with Crippen molar-refractivity contribution in [3.63, 3.8) is 0 Å². The quantitative estimate of drug-likeness (QED) is 0.907. The van der Waals surface area contributed by atoms with E-state index in [4.69, 9.17) is 5.26 Å². The molecule has 0 spiro atoms. The van der Waals surface area contributed by atoms with Gasteiger partial charge >= 0.3 is 0 Å². The molecule has 1 aliphatic carbocycles. The second-order valence-electron chi connectivity index (χ2n) is 6.37. The molecule has 1 N–H and O–H groups in total. The number of hydrogen-bond acceptors (Lipinski definition) is 5. The molecule has 2 heterocycles. The van der Waals surface area contributed by atoms with E-state index in [1.165, 1.54) is 0 Å². The van der Waals surface area contributed by atoms with Crippen molar-refractivity contribution in [2.24, 2.45) is 0 Å². The van der Waals surface area contributed by atoms with Crippen LogP contribution in [-0.2, 0) is 10.0 Å². The van der Waals surface area contributed by atoms with Crippen molar-refractivity contribution in [3.8, 4) is 6.07 Å². The molecule has 1 aromatic rings. The first-order valence-electron chi connectivity index (χ1n) is 8.21. The van der Waals surface area contributed by atoms with Crippen LogP contribution in [0.2, 0.25) is 0 Å². The predicted octanol–water partition coefficient (Wildman–Crippen LogP) is 1.78. The van der Waals surface area contributed by atoms with Crippen LogP contribution in [0.3, 0.4) is 0 Å². The molecule has 1 saturated carbocycles. The van der Waals surface area contributed by atoms with Crippen molar-refractivity contribution in [2.75, 3.05) is 18.0 Å². The van der Waals surface area contributed by atoms with Crippen LogP contribution in [-0.4, -0.2) is 37.8 Å². The van der Waals surface area contributed by atoms with Gasteiger partial charge in [-0.3, -0.25) is 0 Å². The summed E-state index contributed by atoms with van der Waals surface area (Å²) in [5, 5.41) is 8.57. The Morgan fingerprint density at radius 1 is 1.26 bits per heavy atom. The minimum atomic E-state index is -3.30. The summed E-state index contributed by atoms with van der Waals surface area (Å²) in [4.78, 5) is 6.02. The normalized spacial score (nSPS) is 22.9. The summed E-state index contributed by atoms with van der Waals surface area (Å²) in [5.41, 5.74) is 1.23. The van der Waals surface area contributed by atoms with E-state index in [1.54, 1.807) is 12.3 Å². The molecule has 1 aliphatic heterocycles. The lowest BCUT2D eigenvalue weighted by atomic mass is 10.1. The smallest absolute Gasteiger partial charge is 0.216 e. The lowest BCUT2D eigenvalue weighted by molar-refractivity contribution is 0.506. The maximum absolute atomic E-state index is 12.6. The molecule has 7 heteroatoms. The average Bonchev–Trinajstić information content (AvgIpc) is 3.07. The lowest BCUT2D eigenvalue weighted by Gasteiger charge is -2.34. The zero-order chi connectivity index (χ0) is 16.3. The van der Waals surface area contributed by atoms with Gasteiger partial charge in [0.15, 0.2) is 0 Å². The highest BCUT2D eigenvalue weighted by Crippen LogP contribution is 2.25. The molecule has 6 nitrogen and oxygen atoms in total. The van der Waals surface area contributed by atoms with Crippen molar-refractivity contribution >= 4 is 15.7 Å². The number of sulfonamides is 1. The van der Waals surface area contributed by atoms with Crippen molar-refractivity contribution in [1.29, 1.82) is 5.26 Å². The fraction of sp³-hybridized carbons (Fsp3) is 0.625. The number of piperidine rings is 1. The van der Waals surface area contributed by atoms with Gasteiger partial charge in [0.1, 0.15) is 11.8 Å². The van der Waals surface area contributed by atoms with E-state index in [2.05, 4.69) is 9.71 Å². The largest absolute Gasteiger partial charge is 0.370 e. The second-order valence-corrected chi connectivity index (χ2v) is 8.36. The topological polar surface area (TPSA) is 86.1 Å². The molecule has 0 amide bonds. The van der Waals surface area contributed by atoms with Gasteiger partial charge in [0, 0.05) is 31.0 Å². The molecule has 23 heavy (non-hydrogen) atoms. The summed E-state index contributed by atoms with van der Waals surface area (Å²) >= 11 is 0. The van der Waals surface area contributed by atoms with Crippen LogP contribution in [0.1, 0.15) is 44.2 Å². The van der Waals surface area contributed by atoms with E-state index in [-0.39, 0.29) is 6.04 Å². The van der Waals surface area contributed by atoms with Gasteiger partial charge in [-0.25, -0.2) is 18.1 Å². The predicted molar refractivity (Wildman–Crippen MR) is 88.5 cm³/mol. The van der Waals surface area contributed by atoms with Crippen LogP contribution in [0.4, 0.5) is 5.69 Å². The van der Waals surface area contributed by atoms with Gasteiger partial charge < -0.3 is 4.90 Å².